The molecular weight excluding hydrogens is 372 g/mol. The molecule has 1 aliphatic rings. The number of aromatic hydroxyl groups is 1. The first-order valence-corrected chi connectivity index (χ1v) is 9.14. The van der Waals surface area contributed by atoms with Crippen LogP contribution in [0, 0.1) is 0 Å². The van der Waals surface area contributed by atoms with Gasteiger partial charge in [0.1, 0.15) is 0 Å². The Morgan fingerprint density at radius 1 is 1.31 bits per heavy atom. The summed E-state index contributed by atoms with van der Waals surface area (Å²) in [4.78, 5) is 19.4. The summed E-state index contributed by atoms with van der Waals surface area (Å²) in [5, 5.41) is 10.6. The zero-order valence-corrected chi connectivity index (χ0v) is 15.8. The van der Waals surface area contributed by atoms with Gasteiger partial charge in [-0.25, -0.2) is 4.99 Å². The lowest BCUT2D eigenvalue weighted by Crippen LogP contribution is -2.28. The Morgan fingerprint density at radius 2 is 2.04 bits per heavy atom. The lowest BCUT2D eigenvalue weighted by Gasteiger charge is -2.11. The molecule has 5 nitrogen and oxygen atoms in total. The molecule has 0 atom stereocenters. The van der Waals surface area contributed by atoms with E-state index in [0.29, 0.717) is 22.2 Å². The number of thioether (sulfide) groups is 1. The molecule has 1 heterocycles. The highest BCUT2D eigenvalue weighted by Crippen LogP contribution is 2.38. The summed E-state index contributed by atoms with van der Waals surface area (Å²) in [7, 11) is 1.45. The second-order valence-corrected chi connectivity index (χ2v) is 6.86. The van der Waals surface area contributed by atoms with Gasteiger partial charge in [-0.05, 0) is 54.6 Å². The van der Waals surface area contributed by atoms with Crippen molar-refractivity contribution in [2.75, 3.05) is 13.7 Å². The highest BCUT2D eigenvalue weighted by molar-refractivity contribution is 8.18. The fourth-order valence-corrected chi connectivity index (χ4v) is 3.75. The van der Waals surface area contributed by atoms with Crippen molar-refractivity contribution in [1.29, 1.82) is 0 Å². The first-order valence-electron chi connectivity index (χ1n) is 7.95. The molecule has 7 heteroatoms. The molecule has 2 aromatic rings. The Hall–Kier alpha value is -2.44. The number of para-hydroxylation sites is 1. The van der Waals surface area contributed by atoms with Crippen LogP contribution in [0.25, 0.3) is 6.08 Å². The van der Waals surface area contributed by atoms with E-state index in [1.165, 1.54) is 18.9 Å². The zero-order chi connectivity index (χ0) is 18.7. The lowest BCUT2D eigenvalue weighted by molar-refractivity contribution is -0.122. The molecule has 0 unspecified atom stereocenters. The van der Waals surface area contributed by atoms with Crippen molar-refractivity contribution >= 4 is 46.2 Å². The van der Waals surface area contributed by atoms with Crippen LogP contribution in [0.3, 0.4) is 0 Å². The highest BCUT2D eigenvalue weighted by atomic mass is 35.5. The van der Waals surface area contributed by atoms with Gasteiger partial charge in [-0.15, -0.1) is 0 Å². The number of methoxy groups -OCH3 is 1. The number of amides is 1. The van der Waals surface area contributed by atoms with Crippen LogP contribution in [-0.4, -0.2) is 34.7 Å². The molecular formula is C19H17ClN2O3S. The van der Waals surface area contributed by atoms with Crippen molar-refractivity contribution in [2.24, 2.45) is 4.99 Å². The largest absolute Gasteiger partial charge is 0.503 e. The lowest BCUT2D eigenvalue weighted by atomic mass is 10.2. The van der Waals surface area contributed by atoms with Crippen LogP contribution in [0.1, 0.15) is 12.5 Å². The fraction of sp³-hybridized carbons (Fsp3) is 0.158. The number of hydrogen-bond acceptors (Lipinski definition) is 5. The molecule has 2 aromatic carbocycles. The molecule has 1 aliphatic heterocycles. The van der Waals surface area contributed by atoms with Gasteiger partial charge < -0.3 is 9.84 Å². The highest BCUT2D eigenvalue weighted by Gasteiger charge is 2.32. The van der Waals surface area contributed by atoms with Gasteiger partial charge in [0.05, 0.1) is 22.7 Å². The normalized spacial score (nSPS) is 17.3. The van der Waals surface area contributed by atoms with Gasteiger partial charge in [0.2, 0.25) is 0 Å². The second kappa shape index (κ2) is 7.85. The number of benzene rings is 2. The Bertz CT molecular complexity index is 897. The molecule has 0 aromatic heterocycles. The van der Waals surface area contributed by atoms with Gasteiger partial charge in [0, 0.05) is 6.54 Å². The standard InChI is InChI=1S/C19H17ClN2O3S/c1-3-22-18(24)16(26-19(22)21-13-7-5-4-6-8-13)11-12-9-14(20)17(23)15(10-12)25-2/h4-11,23H,3H2,1-2H3/b16-11+,21-19?. The second-order valence-electron chi connectivity index (χ2n) is 5.44. The van der Waals surface area contributed by atoms with Crippen molar-refractivity contribution in [2.45, 2.75) is 6.92 Å². The molecule has 1 saturated heterocycles. The Kier molecular flexibility index (Phi) is 5.54. The first kappa shape index (κ1) is 18.4. The van der Waals surface area contributed by atoms with E-state index in [-0.39, 0.29) is 22.4 Å². The zero-order valence-electron chi connectivity index (χ0n) is 14.3. The Labute approximate surface area is 160 Å². The van der Waals surface area contributed by atoms with Gasteiger partial charge in [-0.3, -0.25) is 9.69 Å². The van der Waals surface area contributed by atoms with Gasteiger partial charge in [0.25, 0.3) is 5.91 Å². The number of amidine groups is 1. The maximum Gasteiger partial charge on any atom is 0.266 e. The fourth-order valence-electron chi connectivity index (χ4n) is 2.47. The number of hydrogen-bond donors (Lipinski definition) is 1. The number of halogens is 1. The van der Waals surface area contributed by atoms with Crippen LogP contribution < -0.4 is 4.74 Å². The monoisotopic (exact) mass is 388 g/mol. The van der Waals surface area contributed by atoms with Gasteiger partial charge in [0.15, 0.2) is 16.7 Å². The SMILES string of the molecule is CCN1C(=O)/C(=C\c2cc(Cl)c(O)c(OC)c2)SC1=Nc1ccccc1. The smallest absolute Gasteiger partial charge is 0.266 e. The van der Waals surface area contributed by atoms with E-state index in [0.717, 1.165) is 5.69 Å². The first-order chi connectivity index (χ1) is 12.5. The minimum Gasteiger partial charge on any atom is -0.503 e. The van der Waals surface area contributed by atoms with E-state index >= 15 is 0 Å². The summed E-state index contributed by atoms with van der Waals surface area (Å²) in [6.45, 7) is 2.43. The number of rotatable bonds is 4. The molecule has 0 spiro atoms. The number of likely N-dealkylation sites (N-methyl/N-ethyl adjacent to an activating group) is 1. The molecule has 1 N–H and O–H groups in total. The molecule has 0 aliphatic carbocycles. The van der Waals surface area contributed by atoms with Gasteiger partial charge in [-0.2, -0.15) is 0 Å². The predicted molar refractivity (Wildman–Crippen MR) is 106 cm³/mol. The number of carbonyl (C=O) groups is 1. The van der Waals surface area contributed by atoms with Crippen molar-refractivity contribution in [3.8, 4) is 11.5 Å². The molecule has 1 fully saturated rings. The number of phenols is 1. The maximum atomic E-state index is 12.7. The van der Waals surface area contributed by atoms with Crippen molar-refractivity contribution in [1.82, 2.24) is 4.90 Å². The van der Waals surface area contributed by atoms with E-state index in [9.17, 15) is 9.90 Å². The van der Waals surface area contributed by atoms with Crippen LogP contribution >= 0.6 is 23.4 Å². The molecule has 0 saturated carbocycles. The van der Waals surface area contributed by atoms with Crippen LogP contribution in [0.2, 0.25) is 5.02 Å². The minimum atomic E-state index is -0.122. The van der Waals surface area contributed by atoms with Crippen molar-refractivity contribution in [3.63, 3.8) is 0 Å². The molecule has 1 amide bonds. The maximum absolute atomic E-state index is 12.7. The number of phenolic OH excluding ortho intramolecular Hbond substituents is 1. The predicted octanol–water partition coefficient (Wildman–Crippen LogP) is 4.68. The third-order valence-corrected chi connectivity index (χ3v) is 5.05. The molecule has 134 valence electrons. The third kappa shape index (κ3) is 3.71. The number of carbonyl (C=O) groups excluding carboxylic acids is 1. The van der Waals surface area contributed by atoms with Crippen molar-refractivity contribution < 1.29 is 14.6 Å². The quantitative estimate of drug-likeness (QED) is 0.772. The van der Waals surface area contributed by atoms with Gasteiger partial charge in [-0.1, -0.05) is 29.8 Å². The summed E-state index contributed by atoms with van der Waals surface area (Å²) < 4.78 is 5.11. The van der Waals surface area contributed by atoms with Crippen LogP contribution in [0.4, 0.5) is 5.69 Å². The Balaban J connectivity index is 1.97. The van der Waals surface area contributed by atoms with E-state index in [1.807, 2.05) is 37.3 Å². The number of ether oxygens (including phenoxy) is 1. The van der Waals surface area contributed by atoms with E-state index in [2.05, 4.69) is 4.99 Å². The molecule has 0 bridgehead atoms. The van der Waals surface area contributed by atoms with Crippen LogP contribution in [-0.2, 0) is 4.79 Å². The third-order valence-electron chi connectivity index (χ3n) is 3.75. The summed E-state index contributed by atoms with van der Waals surface area (Å²) in [5.41, 5.74) is 1.45. The summed E-state index contributed by atoms with van der Waals surface area (Å²) in [5.74, 6) is 0.0175. The van der Waals surface area contributed by atoms with Crippen LogP contribution in [0.15, 0.2) is 52.4 Å². The number of aliphatic imine (C=N–C) groups is 1. The topological polar surface area (TPSA) is 62.1 Å². The van der Waals surface area contributed by atoms with E-state index in [1.54, 1.807) is 23.1 Å². The van der Waals surface area contributed by atoms with Crippen molar-refractivity contribution in [3.05, 3.63) is 58.0 Å². The van der Waals surface area contributed by atoms with E-state index < -0.39 is 0 Å². The minimum absolute atomic E-state index is 0.115. The molecule has 26 heavy (non-hydrogen) atoms. The van der Waals surface area contributed by atoms with E-state index in [4.69, 9.17) is 16.3 Å². The average molecular weight is 389 g/mol. The number of nitrogens with zero attached hydrogens (tertiary/aromatic N) is 2. The molecule has 0 radical (unpaired) electrons. The average Bonchev–Trinajstić information content (AvgIpc) is 2.93. The summed E-state index contributed by atoms with van der Waals surface area (Å²) in [6.07, 6.45) is 1.72. The Morgan fingerprint density at radius 3 is 2.69 bits per heavy atom. The molecule has 3 rings (SSSR count). The van der Waals surface area contributed by atoms with Gasteiger partial charge >= 0.3 is 0 Å². The summed E-state index contributed by atoms with van der Waals surface area (Å²) in [6, 6.07) is 12.7. The van der Waals surface area contributed by atoms with Crippen LogP contribution in [0.5, 0.6) is 11.5 Å². The summed E-state index contributed by atoms with van der Waals surface area (Å²) >= 11 is 7.33.